The van der Waals surface area contributed by atoms with Crippen LogP contribution in [0, 0.1) is 11.3 Å². The van der Waals surface area contributed by atoms with Crippen molar-refractivity contribution in [1.82, 2.24) is 14.8 Å². The number of thiazole rings is 1. The van der Waals surface area contributed by atoms with Crippen LogP contribution in [0.1, 0.15) is 43.5 Å². The summed E-state index contributed by atoms with van der Waals surface area (Å²) in [5, 5.41) is 12.8. The average Bonchev–Trinajstić information content (AvgIpc) is 3.38. The van der Waals surface area contributed by atoms with Crippen LogP contribution in [0.25, 0.3) is 0 Å². The van der Waals surface area contributed by atoms with Gasteiger partial charge in [0.15, 0.2) is 0 Å². The third-order valence-electron chi connectivity index (χ3n) is 6.48. The minimum absolute atomic E-state index is 0.211. The predicted molar refractivity (Wildman–Crippen MR) is 103 cm³/mol. The SMILES string of the molecule is O=C(O)C1CN(Cc2nccs2)CC12CCN(C(=O)CC1=CCCC1)CC2. The van der Waals surface area contributed by atoms with Gasteiger partial charge in [0.25, 0.3) is 0 Å². The Bertz CT molecular complexity index is 723. The molecule has 2 fully saturated rings. The van der Waals surface area contributed by atoms with E-state index < -0.39 is 5.97 Å². The number of carbonyl (C=O) groups is 2. The normalized spacial score (nSPS) is 25.1. The molecule has 7 heteroatoms. The number of piperidine rings is 1. The molecule has 2 saturated heterocycles. The topological polar surface area (TPSA) is 73.7 Å². The van der Waals surface area contributed by atoms with Crippen LogP contribution >= 0.6 is 11.3 Å². The Morgan fingerprint density at radius 1 is 1.33 bits per heavy atom. The van der Waals surface area contributed by atoms with Crippen LogP contribution in [0.2, 0.25) is 0 Å². The fourth-order valence-corrected chi connectivity index (χ4v) is 5.62. The van der Waals surface area contributed by atoms with Crippen molar-refractivity contribution >= 4 is 23.2 Å². The molecule has 3 heterocycles. The fraction of sp³-hybridized carbons (Fsp3) is 0.650. The molecule has 0 radical (unpaired) electrons. The Balaban J connectivity index is 1.38. The summed E-state index contributed by atoms with van der Waals surface area (Å²) >= 11 is 1.62. The van der Waals surface area contributed by atoms with E-state index in [1.807, 2.05) is 10.3 Å². The zero-order valence-electron chi connectivity index (χ0n) is 15.6. The number of carboxylic acids is 1. The summed E-state index contributed by atoms with van der Waals surface area (Å²) in [6.07, 6.45) is 9.43. The van der Waals surface area contributed by atoms with Crippen LogP contribution in [-0.4, -0.2) is 57.9 Å². The standard InChI is InChI=1S/C20H27N3O3S/c24-18(11-15-3-1-2-4-15)23-8-5-20(6-9-23)14-22(12-16(20)19(25)26)13-17-21-7-10-27-17/h3,7,10,16H,1-2,4-6,8-9,11-14H2,(H,25,26). The maximum atomic E-state index is 12.6. The van der Waals surface area contributed by atoms with E-state index in [0.29, 0.717) is 26.1 Å². The van der Waals surface area contributed by atoms with Crippen molar-refractivity contribution in [2.45, 2.75) is 45.1 Å². The summed E-state index contributed by atoms with van der Waals surface area (Å²) in [5.41, 5.74) is 1.06. The molecule has 0 bridgehead atoms. The number of aromatic nitrogens is 1. The Hall–Kier alpha value is -1.73. The number of hydrogen-bond donors (Lipinski definition) is 1. The summed E-state index contributed by atoms with van der Waals surface area (Å²) in [4.78, 5) is 33.1. The molecule has 1 aliphatic carbocycles. The number of likely N-dealkylation sites (tertiary alicyclic amines) is 2. The highest BCUT2D eigenvalue weighted by Gasteiger charge is 2.51. The summed E-state index contributed by atoms with van der Waals surface area (Å²) in [5.74, 6) is -0.845. The van der Waals surface area contributed by atoms with Gasteiger partial charge in [-0.3, -0.25) is 14.5 Å². The monoisotopic (exact) mass is 389 g/mol. The Morgan fingerprint density at radius 2 is 2.15 bits per heavy atom. The highest BCUT2D eigenvalue weighted by Crippen LogP contribution is 2.45. The van der Waals surface area contributed by atoms with Crippen LogP contribution in [0.4, 0.5) is 0 Å². The van der Waals surface area contributed by atoms with Crippen LogP contribution in [0.3, 0.4) is 0 Å². The maximum absolute atomic E-state index is 12.6. The van der Waals surface area contributed by atoms with Crippen molar-refractivity contribution in [3.8, 4) is 0 Å². The van der Waals surface area contributed by atoms with Gasteiger partial charge < -0.3 is 10.0 Å². The van der Waals surface area contributed by atoms with Crippen LogP contribution < -0.4 is 0 Å². The van der Waals surface area contributed by atoms with Crippen molar-refractivity contribution in [2.75, 3.05) is 26.2 Å². The zero-order valence-corrected chi connectivity index (χ0v) is 16.4. The molecule has 1 atom stereocenters. The minimum Gasteiger partial charge on any atom is -0.481 e. The van der Waals surface area contributed by atoms with E-state index in [9.17, 15) is 14.7 Å². The molecule has 1 unspecified atom stereocenters. The first-order valence-corrected chi connectivity index (χ1v) is 10.7. The van der Waals surface area contributed by atoms with Crippen molar-refractivity contribution in [1.29, 1.82) is 0 Å². The van der Waals surface area contributed by atoms with E-state index >= 15 is 0 Å². The summed E-state index contributed by atoms with van der Waals surface area (Å²) in [6.45, 7) is 3.45. The van der Waals surface area contributed by atoms with Crippen LogP contribution in [0.15, 0.2) is 23.2 Å². The highest BCUT2D eigenvalue weighted by molar-refractivity contribution is 7.09. The number of hydrogen-bond acceptors (Lipinski definition) is 5. The van der Waals surface area contributed by atoms with Gasteiger partial charge in [-0.25, -0.2) is 4.98 Å². The second-order valence-corrected chi connectivity index (χ2v) is 9.14. The summed E-state index contributed by atoms with van der Waals surface area (Å²) < 4.78 is 0. The molecule has 27 heavy (non-hydrogen) atoms. The molecule has 4 rings (SSSR count). The van der Waals surface area contributed by atoms with Gasteiger partial charge in [0.2, 0.25) is 5.91 Å². The molecule has 1 amide bonds. The van der Waals surface area contributed by atoms with E-state index in [0.717, 1.165) is 43.8 Å². The molecule has 1 spiro atoms. The van der Waals surface area contributed by atoms with Gasteiger partial charge in [0.05, 0.1) is 12.5 Å². The van der Waals surface area contributed by atoms with Gasteiger partial charge in [-0.1, -0.05) is 11.6 Å². The molecular weight excluding hydrogens is 362 g/mol. The first-order chi connectivity index (χ1) is 13.1. The van der Waals surface area contributed by atoms with E-state index in [1.54, 1.807) is 17.5 Å². The number of amides is 1. The summed E-state index contributed by atoms with van der Waals surface area (Å²) in [7, 11) is 0. The van der Waals surface area contributed by atoms with Crippen molar-refractivity contribution in [3.05, 3.63) is 28.2 Å². The molecule has 6 nitrogen and oxygen atoms in total. The molecule has 0 aromatic carbocycles. The highest BCUT2D eigenvalue weighted by atomic mass is 32.1. The quantitative estimate of drug-likeness (QED) is 0.784. The first kappa shape index (κ1) is 18.6. The number of aliphatic carboxylic acids is 1. The second kappa shape index (κ2) is 7.72. The van der Waals surface area contributed by atoms with Gasteiger partial charge in [-0.2, -0.15) is 0 Å². The maximum Gasteiger partial charge on any atom is 0.308 e. The zero-order chi connectivity index (χ0) is 18.9. The van der Waals surface area contributed by atoms with Gasteiger partial charge in [0.1, 0.15) is 5.01 Å². The molecule has 3 aliphatic rings. The number of nitrogens with zero attached hydrogens (tertiary/aromatic N) is 3. The third-order valence-corrected chi connectivity index (χ3v) is 7.25. The lowest BCUT2D eigenvalue weighted by atomic mass is 9.71. The lowest BCUT2D eigenvalue weighted by molar-refractivity contribution is -0.146. The summed E-state index contributed by atoms with van der Waals surface area (Å²) in [6, 6.07) is 0. The second-order valence-electron chi connectivity index (χ2n) is 8.16. The Morgan fingerprint density at radius 3 is 2.78 bits per heavy atom. The Labute approximate surface area is 163 Å². The number of rotatable bonds is 5. The molecular formula is C20H27N3O3S. The number of allylic oxidation sites excluding steroid dienone is 1. The predicted octanol–water partition coefficient (Wildman–Crippen LogP) is 2.77. The Kier molecular flexibility index (Phi) is 5.32. The lowest BCUT2D eigenvalue weighted by Gasteiger charge is -2.41. The fourth-order valence-electron chi connectivity index (χ4n) is 4.97. The molecule has 146 valence electrons. The van der Waals surface area contributed by atoms with E-state index in [-0.39, 0.29) is 17.2 Å². The first-order valence-electron chi connectivity index (χ1n) is 9.85. The average molecular weight is 390 g/mol. The van der Waals surface area contributed by atoms with E-state index in [1.165, 1.54) is 12.0 Å². The van der Waals surface area contributed by atoms with Gasteiger partial charge in [-0.05, 0) is 32.1 Å². The smallest absolute Gasteiger partial charge is 0.308 e. The van der Waals surface area contributed by atoms with Crippen molar-refractivity contribution < 1.29 is 14.7 Å². The minimum atomic E-state index is -0.701. The van der Waals surface area contributed by atoms with Gasteiger partial charge >= 0.3 is 5.97 Å². The van der Waals surface area contributed by atoms with Gasteiger partial charge in [-0.15, -0.1) is 11.3 Å². The van der Waals surface area contributed by atoms with Crippen LogP contribution in [-0.2, 0) is 16.1 Å². The van der Waals surface area contributed by atoms with Crippen molar-refractivity contribution in [2.24, 2.45) is 11.3 Å². The largest absolute Gasteiger partial charge is 0.481 e. The molecule has 2 aliphatic heterocycles. The molecule has 1 aromatic heterocycles. The van der Waals surface area contributed by atoms with E-state index in [2.05, 4.69) is 16.0 Å². The third kappa shape index (κ3) is 3.94. The van der Waals surface area contributed by atoms with Gasteiger partial charge in [0, 0.05) is 49.6 Å². The van der Waals surface area contributed by atoms with E-state index in [4.69, 9.17) is 0 Å². The van der Waals surface area contributed by atoms with Crippen LogP contribution in [0.5, 0.6) is 0 Å². The lowest BCUT2D eigenvalue weighted by Crippen LogP contribution is -2.48. The number of carboxylic acid groups (broad SMARTS) is 1. The molecule has 1 N–H and O–H groups in total. The number of carbonyl (C=O) groups excluding carboxylic acids is 1. The molecule has 0 saturated carbocycles. The van der Waals surface area contributed by atoms with Crippen molar-refractivity contribution in [3.63, 3.8) is 0 Å². The molecule has 1 aromatic rings.